The number of aromatic carboxylic acids is 1. The number of aromatic nitrogens is 1. The number of nitrogens with zero attached hydrogens (tertiary/aromatic N) is 1. The van der Waals surface area contributed by atoms with Gasteiger partial charge in [0.05, 0.1) is 5.52 Å². The number of hydrogen-bond acceptors (Lipinski definition) is 2. The van der Waals surface area contributed by atoms with Crippen molar-refractivity contribution in [1.29, 1.82) is 0 Å². The summed E-state index contributed by atoms with van der Waals surface area (Å²) in [5.41, 5.74) is 2.05. The lowest BCUT2D eigenvalue weighted by molar-refractivity contribution is 0.0693. The van der Waals surface area contributed by atoms with Gasteiger partial charge < -0.3 is 9.67 Å². The van der Waals surface area contributed by atoms with Gasteiger partial charge in [0.15, 0.2) is 0 Å². The van der Waals surface area contributed by atoms with Crippen molar-refractivity contribution < 1.29 is 9.90 Å². The van der Waals surface area contributed by atoms with Crippen LogP contribution in [0.15, 0.2) is 59.4 Å². The average molecular weight is 321 g/mol. The van der Waals surface area contributed by atoms with Gasteiger partial charge in [0, 0.05) is 17.6 Å². The Labute approximate surface area is 140 Å². The number of aryl methyl sites for hydroxylation is 2. The van der Waals surface area contributed by atoms with E-state index in [0.29, 0.717) is 24.0 Å². The zero-order valence-electron chi connectivity index (χ0n) is 13.5. The van der Waals surface area contributed by atoms with Gasteiger partial charge in [-0.2, -0.15) is 0 Å². The van der Waals surface area contributed by atoms with E-state index in [4.69, 9.17) is 0 Å². The molecule has 1 aromatic heterocycles. The smallest absolute Gasteiger partial charge is 0.341 e. The molecule has 0 saturated heterocycles. The third-order valence-electron chi connectivity index (χ3n) is 4.30. The molecule has 0 radical (unpaired) electrons. The van der Waals surface area contributed by atoms with Gasteiger partial charge in [0.2, 0.25) is 5.43 Å². The van der Waals surface area contributed by atoms with Crippen LogP contribution in [0, 0.1) is 0 Å². The highest BCUT2D eigenvalue weighted by molar-refractivity contribution is 5.94. The minimum atomic E-state index is -1.16. The number of carboxylic acid groups (broad SMARTS) is 1. The van der Waals surface area contributed by atoms with Crippen molar-refractivity contribution in [2.45, 2.75) is 26.3 Å². The zero-order chi connectivity index (χ0) is 17.1. The standard InChI is InChI=1S/C20H19NO3/c1-2-16-18(20(23)24)19(22)15-10-6-7-11-17(15)21(16)13-12-14-8-4-3-5-9-14/h3-11H,2,12-13H2,1H3,(H,23,24). The fourth-order valence-electron chi connectivity index (χ4n) is 3.18. The van der Waals surface area contributed by atoms with Crippen molar-refractivity contribution in [3.8, 4) is 0 Å². The van der Waals surface area contributed by atoms with Gasteiger partial charge in [-0.15, -0.1) is 0 Å². The highest BCUT2D eigenvalue weighted by atomic mass is 16.4. The molecular weight excluding hydrogens is 302 g/mol. The van der Waals surface area contributed by atoms with E-state index in [0.717, 1.165) is 11.9 Å². The first-order valence-electron chi connectivity index (χ1n) is 8.05. The highest BCUT2D eigenvalue weighted by Crippen LogP contribution is 2.18. The van der Waals surface area contributed by atoms with Crippen LogP contribution in [0.3, 0.4) is 0 Å². The Balaban J connectivity index is 2.19. The average Bonchev–Trinajstić information content (AvgIpc) is 2.61. The molecule has 24 heavy (non-hydrogen) atoms. The third kappa shape index (κ3) is 2.83. The van der Waals surface area contributed by atoms with Crippen molar-refractivity contribution in [2.75, 3.05) is 0 Å². The summed E-state index contributed by atoms with van der Waals surface area (Å²) in [4.78, 5) is 24.2. The lowest BCUT2D eigenvalue weighted by Crippen LogP contribution is -2.24. The molecule has 0 fully saturated rings. The summed E-state index contributed by atoms with van der Waals surface area (Å²) in [6, 6.07) is 17.3. The van der Waals surface area contributed by atoms with E-state index < -0.39 is 11.4 Å². The fourth-order valence-corrected chi connectivity index (χ4v) is 3.18. The summed E-state index contributed by atoms with van der Waals surface area (Å²) in [6.07, 6.45) is 1.27. The third-order valence-corrected chi connectivity index (χ3v) is 4.30. The highest BCUT2D eigenvalue weighted by Gasteiger charge is 2.20. The van der Waals surface area contributed by atoms with E-state index in [-0.39, 0.29) is 5.56 Å². The monoisotopic (exact) mass is 321 g/mol. The lowest BCUT2D eigenvalue weighted by Gasteiger charge is -2.18. The Kier molecular flexibility index (Phi) is 4.47. The van der Waals surface area contributed by atoms with E-state index in [1.165, 1.54) is 5.56 Å². The molecule has 0 unspecified atom stereocenters. The first-order chi connectivity index (χ1) is 11.6. The first kappa shape index (κ1) is 16.0. The molecule has 1 heterocycles. The molecule has 3 rings (SSSR count). The second-order valence-corrected chi connectivity index (χ2v) is 5.71. The summed E-state index contributed by atoms with van der Waals surface area (Å²) in [7, 11) is 0. The SMILES string of the molecule is CCc1c(C(=O)O)c(=O)c2ccccc2n1CCc1ccccc1. The molecule has 122 valence electrons. The van der Waals surface area contributed by atoms with Gasteiger partial charge in [-0.1, -0.05) is 49.4 Å². The van der Waals surface area contributed by atoms with Crippen LogP contribution in [-0.4, -0.2) is 15.6 Å². The maximum atomic E-state index is 12.6. The van der Waals surface area contributed by atoms with Gasteiger partial charge in [-0.3, -0.25) is 4.79 Å². The van der Waals surface area contributed by atoms with E-state index >= 15 is 0 Å². The van der Waals surface area contributed by atoms with Crippen molar-refractivity contribution in [3.63, 3.8) is 0 Å². The van der Waals surface area contributed by atoms with E-state index in [1.54, 1.807) is 12.1 Å². The van der Waals surface area contributed by atoms with E-state index in [1.807, 2.05) is 41.8 Å². The predicted octanol–water partition coefficient (Wildman–Crippen LogP) is 3.50. The molecule has 0 aliphatic carbocycles. The quantitative estimate of drug-likeness (QED) is 0.782. The van der Waals surface area contributed by atoms with E-state index in [2.05, 4.69) is 12.1 Å². The van der Waals surface area contributed by atoms with Gasteiger partial charge in [-0.05, 0) is 30.5 Å². The largest absolute Gasteiger partial charge is 0.477 e. The van der Waals surface area contributed by atoms with Crippen molar-refractivity contribution in [2.24, 2.45) is 0 Å². The molecule has 0 amide bonds. The minimum Gasteiger partial charge on any atom is -0.477 e. The number of rotatable bonds is 5. The van der Waals surface area contributed by atoms with Crippen LogP contribution in [0.25, 0.3) is 10.9 Å². The van der Waals surface area contributed by atoms with Crippen LogP contribution in [0.1, 0.15) is 28.5 Å². The molecule has 0 atom stereocenters. The summed E-state index contributed by atoms with van der Waals surface area (Å²) in [5, 5.41) is 9.99. The molecule has 1 N–H and O–H groups in total. The second kappa shape index (κ2) is 6.71. The van der Waals surface area contributed by atoms with Crippen LogP contribution in [0.5, 0.6) is 0 Å². The number of benzene rings is 2. The summed E-state index contributed by atoms with van der Waals surface area (Å²) in [6.45, 7) is 2.52. The Morgan fingerprint density at radius 1 is 1.04 bits per heavy atom. The Bertz CT molecular complexity index is 942. The number of pyridine rings is 1. The van der Waals surface area contributed by atoms with Gasteiger partial charge in [-0.25, -0.2) is 4.79 Å². The minimum absolute atomic E-state index is 0.107. The molecule has 0 spiro atoms. The van der Waals surface area contributed by atoms with Crippen LogP contribution in [-0.2, 0) is 19.4 Å². The van der Waals surface area contributed by atoms with Crippen molar-refractivity contribution in [3.05, 3.63) is 81.6 Å². The Hall–Kier alpha value is -2.88. The maximum Gasteiger partial charge on any atom is 0.341 e. The van der Waals surface area contributed by atoms with Crippen molar-refractivity contribution in [1.82, 2.24) is 4.57 Å². The van der Waals surface area contributed by atoms with E-state index in [9.17, 15) is 14.7 Å². The normalized spacial score (nSPS) is 10.9. The topological polar surface area (TPSA) is 59.3 Å². The summed E-state index contributed by atoms with van der Waals surface area (Å²) < 4.78 is 1.98. The molecule has 2 aromatic carbocycles. The molecule has 4 nitrogen and oxygen atoms in total. The number of carboxylic acids is 1. The zero-order valence-corrected chi connectivity index (χ0v) is 13.5. The molecule has 0 bridgehead atoms. The number of carbonyl (C=O) groups is 1. The Morgan fingerprint density at radius 3 is 2.38 bits per heavy atom. The molecule has 0 saturated carbocycles. The van der Waals surface area contributed by atoms with Crippen molar-refractivity contribution >= 4 is 16.9 Å². The molecule has 0 aliphatic rings. The summed E-state index contributed by atoms with van der Waals surface area (Å²) >= 11 is 0. The fraction of sp³-hybridized carbons (Fsp3) is 0.200. The first-order valence-corrected chi connectivity index (χ1v) is 8.05. The summed E-state index contributed by atoms with van der Waals surface area (Å²) in [5.74, 6) is -1.16. The predicted molar refractivity (Wildman–Crippen MR) is 94.7 cm³/mol. The number of para-hydroxylation sites is 1. The molecular formula is C20H19NO3. The maximum absolute atomic E-state index is 12.6. The van der Waals surface area contributed by atoms with Crippen LogP contribution < -0.4 is 5.43 Å². The Morgan fingerprint density at radius 2 is 1.71 bits per heavy atom. The molecule has 3 aromatic rings. The molecule has 4 heteroatoms. The molecule has 0 aliphatic heterocycles. The number of hydrogen-bond donors (Lipinski definition) is 1. The van der Waals surface area contributed by atoms with Gasteiger partial charge >= 0.3 is 5.97 Å². The second-order valence-electron chi connectivity index (χ2n) is 5.71. The number of fused-ring (bicyclic) bond motifs is 1. The van der Waals surface area contributed by atoms with Crippen LogP contribution in [0.2, 0.25) is 0 Å². The van der Waals surface area contributed by atoms with Crippen LogP contribution >= 0.6 is 0 Å². The lowest BCUT2D eigenvalue weighted by atomic mass is 10.0. The van der Waals surface area contributed by atoms with Gasteiger partial charge in [0.1, 0.15) is 5.56 Å². The van der Waals surface area contributed by atoms with Crippen LogP contribution in [0.4, 0.5) is 0 Å². The van der Waals surface area contributed by atoms with Gasteiger partial charge in [0.25, 0.3) is 0 Å².